The third-order valence-corrected chi connectivity index (χ3v) is 7.81. The van der Waals surface area contributed by atoms with E-state index >= 15 is 0 Å². The van der Waals surface area contributed by atoms with Gasteiger partial charge in [-0.3, -0.25) is 14.4 Å². The first-order valence-electron chi connectivity index (χ1n) is 12.7. The zero-order valence-corrected chi connectivity index (χ0v) is 22.3. The number of carbonyl (C=O) groups is 3. The van der Waals surface area contributed by atoms with Gasteiger partial charge in [-0.05, 0) is 86.7 Å². The van der Waals surface area contributed by atoms with Crippen LogP contribution in [0.15, 0.2) is 60.7 Å². The number of anilines is 2. The van der Waals surface area contributed by atoms with Gasteiger partial charge in [0.05, 0.1) is 11.5 Å². The molecule has 4 N–H and O–H groups in total. The van der Waals surface area contributed by atoms with Crippen LogP contribution < -0.4 is 10.6 Å². The molecule has 0 saturated heterocycles. The maximum absolute atomic E-state index is 13.9. The van der Waals surface area contributed by atoms with E-state index in [0.29, 0.717) is 16.9 Å². The highest BCUT2D eigenvalue weighted by Crippen LogP contribution is 2.47. The van der Waals surface area contributed by atoms with Crippen molar-refractivity contribution in [3.8, 4) is 5.75 Å². The van der Waals surface area contributed by atoms with Crippen molar-refractivity contribution in [2.24, 2.45) is 11.8 Å². The molecule has 2 amide bonds. The standard InChI is InChI=1S/C31H34N2O5/c1-17-9-6-13-23(19(17)3)32-29(36)27-25(35)16-31(5,38)28(26(27)21-11-8-12-22(34)15-21)30(37)33-24-14-7-10-18(2)20(24)4/h6-15,26-28,34,38H,16H2,1-5H3,(H,32,36)(H,33,37). The van der Waals surface area contributed by atoms with Crippen LogP contribution in [0.1, 0.15) is 47.1 Å². The lowest BCUT2D eigenvalue weighted by Gasteiger charge is -2.44. The third-order valence-electron chi connectivity index (χ3n) is 7.81. The second kappa shape index (κ2) is 10.4. The van der Waals surface area contributed by atoms with E-state index in [1.165, 1.54) is 19.1 Å². The summed E-state index contributed by atoms with van der Waals surface area (Å²) in [6, 6.07) is 17.2. The van der Waals surface area contributed by atoms with Crippen LogP contribution in [0.2, 0.25) is 0 Å². The molecule has 0 aliphatic heterocycles. The molecule has 0 heterocycles. The van der Waals surface area contributed by atoms with Gasteiger partial charge in [-0.25, -0.2) is 0 Å². The second-order valence-corrected chi connectivity index (χ2v) is 10.5. The molecule has 38 heavy (non-hydrogen) atoms. The van der Waals surface area contributed by atoms with E-state index in [0.717, 1.165) is 22.3 Å². The Bertz CT molecular complexity index is 1410. The number of Topliss-reactive ketones (excluding diaryl/α,β-unsaturated/α-hetero) is 1. The van der Waals surface area contributed by atoms with Gasteiger partial charge in [0, 0.05) is 23.7 Å². The second-order valence-electron chi connectivity index (χ2n) is 10.5. The molecule has 0 radical (unpaired) electrons. The molecule has 1 aliphatic carbocycles. The van der Waals surface area contributed by atoms with Crippen LogP contribution in [-0.4, -0.2) is 33.4 Å². The van der Waals surface area contributed by atoms with Gasteiger partial charge in [0.25, 0.3) is 0 Å². The minimum Gasteiger partial charge on any atom is -0.508 e. The molecular formula is C31H34N2O5. The fraction of sp³-hybridized carbons (Fsp3) is 0.323. The van der Waals surface area contributed by atoms with Crippen molar-refractivity contribution in [2.75, 3.05) is 10.6 Å². The Balaban J connectivity index is 1.80. The smallest absolute Gasteiger partial charge is 0.235 e. The first-order chi connectivity index (χ1) is 17.9. The van der Waals surface area contributed by atoms with Crippen molar-refractivity contribution >= 4 is 29.0 Å². The fourth-order valence-corrected chi connectivity index (χ4v) is 5.42. The molecule has 4 rings (SSSR count). The van der Waals surface area contributed by atoms with E-state index in [-0.39, 0.29) is 12.2 Å². The predicted octanol–water partition coefficient (Wildman–Crippen LogP) is 4.94. The highest BCUT2D eigenvalue weighted by molar-refractivity contribution is 6.10. The lowest BCUT2D eigenvalue weighted by atomic mass is 9.61. The number of aromatic hydroxyl groups is 1. The molecule has 4 unspecified atom stereocenters. The Hall–Kier alpha value is -3.97. The van der Waals surface area contributed by atoms with Gasteiger partial charge in [-0.15, -0.1) is 0 Å². The molecule has 4 atom stereocenters. The van der Waals surface area contributed by atoms with Gasteiger partial charge in [0.1, 0.15) is 17.5 Å². The minimum atomic E-state index is -1.73. The number of benzene rings is 3. The summed E-state index contributed by atoms with van der Waals surface area (Å²) >= 11 is 0. The summed E-state index contributed by atoms with van der Waals surface area (Å²) in [6.07, 6.45) is -0.363. The summed E-state index contributed by atoms with van der Waals surface area (Å²) in [5, 5.41) is 27.5. The maximum atomic E-state index is 13.9. The number of carbonyl (C=O) groups excluding carboxylic acids is 3. The summed E-state index contributed by atoms with van der Waals surface area (Å²) in [7, 11) is 0. The average molecular weight is 515 g/mol. The number of phenolic OH excluding ortho intramolecular Hbond substituents is 1. The van der Waals surface area contributed by atoms with Crippen LogP contribution in [0.5, 0.6) is 5.75 Å². The number of amides is 2. The highest BCUT2D eigenvalue weighted by atomic mass is 16.3. The first-order valence-corrected chi connectivity index (χ1v) is 12.7. The number of phenols is 1. The van der Waals surface area contributed by atoms with Crippen molar-refractivity contribution in [2.45, 2.75) is 52.6 Å². The van der Waals surface area contributed by atoms with Gasteiger partial charge in [-0.1, -0.05) is 36.4 Å². The van der Waals surface area contributed by atoms with Gasteiger partial charge < -0.3 is 20.8 Å². The molecule has 7 heteroatoms. The maximum Gasteiger partial charge on any atom is 0.235 e. The molecule has 1 saturated carbocycles. The van der Waals surface area contributed by atoms with Crippen molar-refractivity contribution in [3.63, 3.8) is 0 Å². The summed E-state index contributed by atoms with van der Waals surface area (Å²) in [4.78, 5) is 41.1. The van der Waals surface area contributed by atoms with Crippen LogP contribution in [0.25, 0.3) is 0 Å². The van der Waals surface area contributed by atoms with Crippen molar-refractivity contribution in [1.82, 2.24) is 0 Å². The molecule has 0 bridgehead atoms. The van der Waals surface area contributed by atoms with Crippen LogP contribution in [0, 0.1) is 39.5 Å². The average Bonchev–Trinajstić information content (AvgIpc) is 2.83. The zero-order chi connectivity index (χ0) is 27.8. The number of nitrogens with one attached hydrogen (secondary N) is 2. The Kier molecular flexibility index (Phi) is 7.42. The van der Waals surface area contributed by atoms with E-state index in [2.05, 4.69) is 10.6 Å². The summed E-state index contributed by atoms with van der Waals surface area (Å²) in [6.45, 7) is 9.08. The predicted molar refractivity (Wildman–Crippen MR) is 147 cm³/mol. The minimum absolute atomic E-state index is 0.0671. The molecule has 0 aromatic heterocycles. The summed E-state index contributed by atoms with van der Waals surface area (Å²) < 4.78 is 0. The van der Waals surface area contributed by atoms with Crippen molar-refractivity contribution in [3.05, 3.63) is 88.5 Å². The number of hydrogen-bond donors (Lipinski definition) is 4. The SMILES string of the molecule is Cc1cccc(NC(=O)C2C(=O)CC(C)(O)C(C(=O)Nc3cccc(C)c3C)C2c2cccc(O)c2)c1C. The topological polar surface area (TPSA) is 116 Å². The van der Waals surface area contributed by atoms with Crippen LogP contribution >= 0.6 is 0 Å². The van der Waals surface area contributed by atoms with Gasteiger partial charge >= 0.3 is 0 Å². The van der Waals surface area contributed by atoms with E-state index in [1.807, 2.05) is 52.0 Å². The van der Waals surface area contributed by atoms with Gasteiger partial charge in [-0.2, -0.15) is 0 Å². The van der Waals surface area contributed by atoms with Crippen LogP contribution in [0.4, 0.5) is 11.4 Å². The Morgan fingerprint density at radius 3 is 1.92 bits per heavy atom. The number of aliphatic hydroxyl groups is 1. The summed E-state index contributed by atoms with van der Waals surface area (Å²) in [5.41, 5.74) is 3.57. The highest BCUT2D eigenvalue weighted by Gasteiger charge is 2.56. The summed E-state index contributed by atoms with van der Waals surface area (Å²) in [5.74, 6) is -5.04. The Morgan fingerprint density at radius 2 is 1.37 bits per heavy atom. The zero-order valence-electron chi connectivity index (χ0n) is 22.3. The van der Waals surface area contributed by atoms with Crippen LogP contribution in [0.3, 0.4) is 0 Å². The lowest BCUT2D eigenvalue weighted by Crippen LogP contribution is -2.56. The lowest BCUT2D eigenvalue weighted by molar-refractivity contribution is -0.150. The molecule has 1 aliphatic rings. The molecule has 7 nitrogen and oxygen atoms in total. The first kappa shape index (κ1) is 27.1. The number of ketones is 1. The molecule has 198 valence electrons. The molecular weight excluding hydrogens is 480 g/mol. The van der Waals surface area contributed by atoms with Gasteiger partial charge in [0.15, 0.2) is 0 Å². The normalized spacial score (nSPS) is 23.1. The largest absolute Gasteiger partial charge is 0.508 e. The molecule has 3 aromatic carbocycles. The molecule has 1 fully saturated rings. The number of hydrogen-bond acceptors (Lipinski definition) is 5. The number of aryl methyl sites for hydroxylation is 2. The Labute approximate surface area is 222 Å². The third kappa shape index (κ3) is 5.20. The van der Waals surface area contributed by atoms with E-state index in [1.54, 1.807) is 24.3 Å². The Morgan fingerprint density at radius 1 is 0.842 bits per heavy atom. The molecule has 3 aromatic rings. The van der Waals surface area contributed by atoms with E-state index < -0.39 is 41.0 Å². The fourth-order valence-electron chi connectivity index (χ4n) is 5.42. The van der Waals surface area contributed by atoms with Crippen molar-refractivity contribution in [1.29, 1.82) is 0 Å². The quantitative estimate of drug-likeness (QED) is 0.360. The monoisotopic (exact) mass is 514 g/mol. The van der Waals surface area contributed by atoms with E-state index in [4.69, 9.17) is 0 Å². The number of rotatable bonds is 5. The van der Waals surface area contributed by atoms with Crippen molar-refractivity contribution < 1.29 is 24.6 Å². The van der Waals surface area contributed by atoms with E-state index in [9.17, 15) is 24.6 Å². The van der Waals surface area contributed by atoms with Crippen LogP contribution in [-0.2, 0) is 14.4 Å². The molecule has 0 spiro atoms. The van der Waals surface area contributed by atoms with Gasteiger partial charge in [0.2, 0.25) is 11.8 Å².